The largest absolute Gasteiger partial charge is 0.481 e. The highest BCUT2D eigenvalue weighted by Crippen LogP contribution is 2.60. The second-order valence-corrected chi connectivity index (χ2v) is 7.73. The Kier molecular flexibility index (Phi) is 2.79. The fourth-order valence-electron chi connectivity index (χ4n) is 4.74. The van der Waals surface area contributed by atoms with Gasteiger partial charge in [0.05, 0.1) is 5.41 Å². The van der Waals surface area contributed by atoms with Gasteiger partial charge in [0.15, 0.2) is 0 Å². The number of carboxylic acids is 1. The summed E-state index contributed by atoms with van der Waals surface area (Å²) in [5.41, 5.74) is -0.263. The topological polar surface area (TPSA) is 69.6 Å². The predicted molar refractivity (Wildman–Crippen MR) is 76.8 cm³/mol. The fourth-order valence-corrected chi connectivity index (χ4v) is 4.74. The fraction of sp³-hybridized carbons (Fsp3) is 0.875. The molecule has 0 radical (unpaired) electrons. The van der Waals surface area contributed by atoms with Crippen LogP contribution in [0.2, 0.25) is 0 Å². The molecule has 2 amide bonds. The maximum atomic E-state index is 12.4. The third-order valence-corrected chi connectivity index (χ3v) is 6.51. The lowest BCUT2D eigenvalue weighted by molar-refractivity contribution is -0.149. The molecule has 0 aromatic rings. The van der Waals surface area contributed by atoms with Crippen molar-refractivity contribution in [3.8, 4) is 0 Å². The van der Waals surface area contributed by atoms with Crippen LogP contribution in [0.15, 0.2) is 0 Å². The number of rotatable bonds is 4. The van der Waals surface area contributed by atoms with E-state index in [0.717, 1.165) is 31.7 Å². The molecule has 4 aliphatic rings. The molecule has 0 spiro atoms. The average molecular weight is 292 g/mol. The van der Waals surface area contributed by atoms with Gasteiger partial charge in [0.2, 0.25) is 0 Å². The molecule has 1 saturated heterocycles. The van der Waals surface area contributed by atoms with Crippen LogP contribution in [0.1, 0.15) is 44.9 Å². The molecule has 4 rings (SSSR count). The lowest BCUT2D eigenvalue weighted by Gasteiger charge is -2.24. The van der Waals surface area contributed by atoms with Gasteiger partial charge in [0, 0.05) is 19.6 Å². The second kappa shape index (κ2) is 4.37. The molecule has 1 aliphatic heterocycles. The standard InChI is InChI=1S/C16H24N2O3/c19-13(20)16-5-1-2-12(16)8-18(10-16)14(21)17-9-15(6-7-15)11-3-4-11/h11-12H,1-10H2,(H,17,21)(H,19,20)/t12-,16+/m0/s1. The van der Waals surface area contributed by atoms with Gasteiger partial charge < -0.3 is 15.3 Å². The van der Waals surface area contributed by atoms with E-state index in [2.05, 4.69) is 5.32 Å². The minimum atomic E-state index is -0.711. The zero-order valence-electron chi connectivity index (χ0n) is 12.4. The van der Waals surface area contributed by atoms with Gasteiger partial charge >= 0.3 is 12.0 Å². The van der Waals surface area contributed by atoms with Gasteiger partial charge in [-0.3, -0.25) is 4.79 Å². The highest BCUT2D eigenvalue weighted by Gasteiger charge is 2.57. The summed E-state index contributed by atoms with van der Waals surface area (Å²) < 4.78 is 0. The van der Waals surface area contributed by atoms with Crippen molar-refractivity contribution in [2.45, 2.75) is 44.9 Å². The first kappa shape index (κ1) is 13.4. The minimum Gasteiger partial charge on any atom is -0.481 e. The summed E-state index contributed by atoms with van der Waals surface area (Å²) in [4.78, 5) is 25.8. The lowest BCUT2D eigenvalue weighted by atomic mass is 9.81. The molecular formula is C16H24N2O3. The van der Waals surface area contributed by atoms with E-state index in [-0.39, 0.29) is 11.9 Å². The van der Waals surface area contributed by atoms with E-state index in [4.69, 9.17) is 0 Å². The predicted octanol–water partition coefficient (Wildman–Crippen LogP) is 2.07. The molecule has 4 fully saturated rings. The number of urea groups is 1. The van der Waals surface area contributed by atoms with Gasteiger partial charge in [0.25, 0.3) is 0 Å². The van der Waals surface area contributed by atoms with Crippen molar-refractivity contribution in [1.82, 2.24) is 10.2 Å². The molecule has 5 nitrogen and oxygen atoms in total. The summed E-state index contributed by atoms with van der Waals surface area (Å²) >= 11 is 0. The van der Waals surface area contributed by atoms with Gasteiger partial charge in [-0.15, -0.1) is 0 Å². The van der Waals surface area contributed by atoms with E-state index in [0.29, 0.717) is 18.5 Å². The number of hydrogen-bond acceptors (Lipinski definition) is 2. The van der Waals surface area contributed by atoms with Gasteiger partial charge in [0.1, 0.15) is 0 Å². The molecule has 1 heterocycles. The summed E-state index contributed by atoms with van der Waals surface area (Å²) in [5.74, 6) is 0.275. The summed E-state index contributed by atoms with van der Waals surface area (Å²) in [7, 11) is 0. The third-order valence-electron chi connectivity index (χ3n) is 6.51. The molecule has 3 aliphatic carbocycles. The van der Waals surface area contributed by atoms with Crippen LogP contribution in [0.3, 0.4) is 0 Å². The van der Waals surface area contributed by atoms with Crippen molar-refractivity contribution in [3.63, 3.8) is 0 Å². The van der Waals surface area contributed by atoms with Crippen molar-refractivity contribution >= 4 is 12.0 Å². The molecule has 2 atom stereocenters. The molecule has 0 unspecified atom stereocenters. The second-order valence-electron chi connectivity index (χ2n) is 7.73. The first-order chi connectivity index (χ1) is 10.1. The monoisotopic (exact) mass is 292 g/mol. The van der Waals surface area contributed by atoms with E-state index in [1.807, 2.05) is 0 Å². The molecule has 2 N–H and O–H groups in total. The Morgan fingerprint density at radius 2 is 1.90 bits per heavy atom. The van der Waals surface area contributed by atoms with Crippen molar-refractivity contribution in [1.29, 1.82) is 0 Å². The highest BCUT2D eigenvalue weighted by atomic mass is 16.4. The normalized spacial score (nSPS) is 36.4. The van der Waals surface area contributed by atoms with Crippen LogP contribution >= 0.6 is 0 Å². The molecule has 116 valence electrons. The zero-order chi connectivity index (χ0) is 14.7. The number of amides is 2. The van der Waals surface area contributed by atoms with Crippen molar-refractivity contribution in [2.24, 2.45) is 22.7 Å². The Hall–Kier alpha value is -1.26. The molecule has 21 heavy (non-hydrogen) atoms. The van der Waals surface area contributed by atoms with E-state index in [1.54, 1.807) is 4.90 Å². The number of carbonyl (C=O) groups excluding carboxylic acids is 1. The molecule has 0 bridgehead atoms. The first-order valence-electron chi connectivity index (χ1n) is 8.32. The number of likely N-dealkylation sites (tertiary alicyclic amines) is 1. The molecule has 0 aromatic heterocycles. The van der Waals surface area contributed by atoms with E-state index in [9.17, 15) is 14.7 Å². The lowest BCUT2D eigenvalue weighted by Crippen LogP contribution is -2.43. The van der Waals surface area contributed by atoms with Gasteiger partial charge in [-0.05, 0) is 55.8 Å². The van der Waals surface area contributed by atoms with E-state index < -0.39 is 11.4 Å². The smallest absolute Gasteiger partial charge is 0.317 e. The Bertz CT molecular complexity index is 484. The van der Waals surface area contributed by atoms with Crippen LogP contribution in [0.25, 0.3) is 0 Å². The number of carboxylic acid groups (broad SMARTS) is 1. The van der Waals surface area contributed by atoms with Gasteiger partial charge in [-0.25, -0.2) is 4.79 Å². The van der Waals surface area contributed by atoms with E-state index in [1.165, 1.54) is 25.7 Å². The van der Waals surface area contributed by atoms with Crippen molar-refractivity contribution in [3.05, 3.63) is 0 Å². The molecule has 5 heteroatoms. The average Bonchev–Trinajstić information content (AvgIpc) is 3.32. The first-order valence-corrected chi connectivity index (χ1v) is 8.32. The van der Waals surface area contributed by atoms with Crippen LogP contribution in [0, 0.1) is 22.7 Å². The number of carbonyl (C=O) groups is 2. The SMILES string of the molecule is O=C(NCC1(C2CC2)CC1)N1C[C@@H]2CCC[C@@]2(C(=O)O)C1. The maximum Gasteiger partial charge on any atom is 0.317 e. The molecule has 0 aromatic carbocycles. The quantitative estimate of drug-likeness (QED) is 0.833. The van der Waals surface area contributed by atoms with Crippen LogP contribution in [-0.2, 0) is 4.79 Å². The third kappa shape index (κ3) is 2.04. The van der Waals surface area contributed by atoms with E-state index >= 15 is 0 Å². The van der Waals surface area contributed by atoms with Crippen molar-refractivity contribution < 1.29 is 14.7 Å². The Balaban J connectivity index is 1.37. The summed E-state index contributed by atoms with van der Waals surface area (Å²) in [6.45, 7) is 1.81. The summed E-state index contributed by atoms with van der Waals surface area (Å²) in [5, 5.41) is 12.7. The number of nitrogens with one attached hydrogen (secondary N) is 1. The number of nitrogens with zero attached hydrogens (tertiary/aromatic N) is 1. The van der Waals surface area contributed by atoms with Gasteiger partial charge in [-0.2, -0.15) is 0 Å². The Morgan fingerprint density at radius 3 is 2.48 bits per heavy atom. The summed E-state index contributed by atoms with van der Waals surface area (Å²) in [6, 6.07) is -0.0445. The minimum absolute atomic E-state index is 0.0445. The molecular weight excluding hydrogens is 268 g/mol. The van der Waals surface area contributed by atoms with Crippen LogP contribution in [0.4, 0.5) is 4.79 Å². The van der Waals surface area contributed by atoms with Crippen LogP contribution in [0.5, 0.6) is 0 Å². The highest BCUT2D eigenvalue weighted by molar-refractivity contribution is 5.80. The van der Waals surface area contributed by atoms with Crippen molar-refractivity contribution in [2.75, 3.05) is 19.6 Å². The maximum absolute atomic E-state index is 12.4. The number of fused-ring (bicyclic) bond motifs is 1. The van der Waals surface area contributed by atoms with Gasteiger partial charge in [-0.1, -0.05) is 6.42 Å². The Labute approximate surface area is 125 Å². The number of hydrogen-bond donors (Lipinski definition) is 2. The summed E-state index contributed by atoms with van der Waals surface area (Å²) in [6.07, 6.45) is 7.80. The van der Waals surface area contributed by atoms with Crippen LogP contribution < -0.4 is 5.32 Å². The molecule has 3 saturated carbocycles. The van der Waals surface area contributed by atoms with Crippen LogP contribution in [-0.4, -0.2) is 41.6 Å². The number of aliphatic carboxylic acids is 1. The Morgan fingerprint density at radius 1 is 1.14 bits per heavy atom. The zero-order valence-corrected chi connectivity index (χ0v) is 12.4.